The minimum absolute atomic E-state index is 0.0143. The largest absolute Gasteiger partial charge is 0.376 e. The molecule has 4 rings (SSSR count). The van der Waals surface area contributed by atoms with Crippen LogP contribution >= 0.6 is 34.9 Å². The van der Waals surface area contributed by atoms with Crippen molar-refractivity contribution in [1.82, 2.24) is 4.98 Å². The van der Waals surface area contributed by atoms with Crippen molar-refractivity contribution < 1.29 is 13.9 Å². The van der Waals surface area contributed by atoms with Gasteiger partial charge in [0.05, 0.1) is 28.6 Å². The average Bonchev–Trinajstić information content (AvgIpc) is 3.40. The fourth-order valence-electron chi connectivity index (χ4n) is 3.22. The molecule has 29 heavy (non-hydrogen) atoms. The van der Waals surface area contributed by atoms with Crippen molar-refractivity contribution in [2.24, 2.45) is 0 Å². The van der Waals surface area contributed by atoms with E-state index in [1.165, 1.54) is 35.2 Å². The number of carbonyl (C=O) groups is 1. The maximum absolute atomic E-state index is 13.1. The van der Waals surface area contributed by atoms with Gasteiger partial charge in [0.25, 0.3) is 0 Å². The Hall–Kier alpha value is -1.61. The standard InChI is InChI=1S/C21H21FN2O2S3/c1-27-17-5-2-6-18-20(17)23-21(29-18)24(12-15-4-3-11-26-15)19(25)13-28-16-9-7-14(22)8-10-16/h2,5-10,15H,3-4,11-13H2,1H3. The predicted molar refractivity (Wildman–Crippen MR) is 120 cm³/mol. The number of ether oxygens (including phenoxy) is 1. The molecule has 1 aliphatic heterocycles. The Morgan fingerprint density at radius 2 is 2.14 bits per heavy atom. The van der Waals surface area contributed by atoms with Crippen LogP contribution in [0.15, 0.2) is 52.3 Å². The third-order valence-corrected chi connectivity index (χ3v) is 7.52. The molecule has 1 fully saturated rings. The highest BCUT2D eigenvalue weighted by molar-refractivity contribution is 8.00. The summed E-state index contributed by atoms with van der Waals surface area (Å²) in [7, 11) is 0. The molecule has 0 radical (unpaired) electrons. The van der Waals surface area contributed by atoms with Crippen LogP contribution in [0.4, 0.5) is 9.52 Å². The molecule has 1 aromatic heterocycles. The molecule has 0 N–H and O–H groups in total. The first-order valence-corrected chi connectivity index (χ1v) is 12.4. The first-order chi connectivity index (χ1) is 14.1. The number of para-hydroxylation sites is 1. The summed E-state index contributed by atoms with van der Waals surface area (Å²) in [5, 5.41) is 0.710. The van der Waals surface area contributed by atoms with Crippen LogP contribution in [0, 0.1) is 5.82 Å². The topological polar surface area (TPSA) is 42.4 Å². The number of aromatic nitrogens is 1. The van der Waals surface area contributed by atoms with Gasteiger partial charge in [-0.25, -0.2) is 9.37 Å². The van der Waals surface area contributed by atoms with Crippen LogP contribution in [0.5, 0.6) is 0 Å². The first-order valence-electron chi connectivity index (χ1n) is 9.38. The first kappa shape index (κ1) is 20.7. The van der Waals surface area contributed by atoms with Crippen molar-refractivity contribution in [3.63, 3.8) is 0 Å². The molecule has 2 heterocycles. The normalized spacial score (nSPS) is 16.4. The van der Waals surface area contributed by atoms with Gasteiger partial charge < -0.3 is 4.74 Å². The second-order valence-corrected chi connectivity index (χ2v) is 9.59. The summed E-state index contributed by atoms with van der Waals surface area (Å²) in [6.07, 6.45) is 4.05. The summed E-state index contributed by atoms with van der Waals surface area (Å²) in [4.78, 5) is 21.7. The van der Waals surface area contributed by atoms with Gasteiger partial charge in [-0.15, -0.1) is 23.5 Å². The van der Waals surface area contributed by atoms with E-state index < -0.39 is 0 Å². The van der Waals surface area contributed by atoms with Gasteiger partial charge >= 0.3 is 0 Å². The van der Waals surface area contributed by atoms with Gasteiger partial charge in [0.2, 0.25) is 5.91 Å². The van der Waals surface area contributed by atoms with Gasteiger partial charge in [0.15, 0.2) is 5.13 Å². The summed E-state index contributed by atoms with van der Waals surface area (Å²) in [6, 6.07) is 12.3. The summed E-state index contributed by atoms with van der Waals surface area (Å²) in [5.74, 6) is -0.0248. The van der Waals surface area contributed by atoms with Crippen molar-refractivity contribution in [1.29, 1.82) is 0 Å². The van der Waals surface area contributed by atoms with Crippen LogP contribution in [0.3, 0.4) is 0 Å². The van der Waals surface area contributed by atoms with E-state index in [9.17, 15) is 9.18 Å². The van der Waals surface area contributed by atoms with E-state index in [2.05, 4.69) is 0 Å². The number of carbonyl (C=O) groups excluding carboxylic acids is 1. The molecule has 4 nitrogen and oxygen atoms in total. The number of nitrogens with zero attached hydrogens (tertiary/aromatic N) is 2. The molecule has 8 heteroatoms. The van der Waals surface area contributed by atoms with Crippen LogP contribution in [0.1, 0.15) is 12.8 Å². The lowest BCUT2D eigenvalue weighted by Gasteiger charge is -2.23. The van der Waals surface area contributed by atoms with Gasteiger partial charge in [-0.05, 0) is 55.5 Å². The number of hydrogen-bond acceptors (Lipinski definition) is 6. The lowest BCUT2D eigenvalue weighted by Crippen LogP contribution is -2.38. The van der Waals surface area contributed by atoms with Crippen molar-refractivity contribution >= 4 is 56.1 Å². The van der Waals surface area contributed by atoms with E-state index in [4.69, 9.17) is 9.72 Å². The smallest absolute Gasteiger partial charge is 0.239 e. The minimum atomic E-state index is -0.278. The number of halogens is 1. The van der Waals surface area contributed by atoms with E-state index in [0.717, 1.165) is 39.5 Å². The average molecular weight is 449 g/mol. The maximum atomic E-state index is 13.1. The molecule has 0 saturated carbocycles. The number of fused-ring (bicyclic) bond motifs is 1. The highest BCUT2D eigenvalue weighted by atomic mass is 32.2. The molecule has 1 unspecified atom stereocenters. The Kier molecular flexibility index (Phi) is 6.74. The third-order valence-electron chi connectivity index (χ3n) is 4.71. The molecular formula is C21H21FN2O2S3. The lowest BCUT2D eigenvalue weighted by atomic mass is 10.2. The summed E-state index contributed by atoms with van der Waals surface area (Å²) in [6.45, 7) is 1.25. The molecule has 0 spiro atoms. The lowest BCUT2D eigenvalue weighted by molar-refractivity contribution is -0.116. The molecule has 1 atom stereocenters. The Balaban J connectivity index is 1.57. The second-order valence-electron chi connectivity index (χ2n) is 6.69. The Morgan fingerprint density at radius 1 is 1.31 bits per heavy atom. The molecule has 0 aliphatic carbocycles. The van der Waals surface area contributed by atoms with Crippen LogP contribution in [-0.4, -0.2) is 42.2 Å². The van der Waals surface area contributed by atoms with Crippen LogP contribution < -0.4 is 4.90 Å². The minimum Gasteiger partial charge on any atom is -0.376 e. The van der Waals surface area contributed by atoms with Crippen LogP contribution in [0.25, 0.3) is 10.2 Å². The quantitative estimate of drug-likeness (QED) is 0.449. The number of rotatable bonds is 7. The molecule has 2 aromatic carbocycles. The molecular weight excluding hydrogens is 427 g/mol. The van der Waals surface area contributed by atoms with Gasteiger partial charge in [0.1, 0.15) is 5.82 Å². The van der Waals surface area contributed by atoms with Gasteiger partial charge in [-0.1, -0.05) is 17.4 Å². The SMILES string of the molecule is CSc1cccc2sc(N(CC3CCCO3)C(=O)CSc3ccc(F)cc3)nc12. The molecule has 152 valence electrons. The third kappa shape index (κ3) is 4.94. The highest BCUT2D eigenvalue weighted by Crippen LogP contribution is 2.35. The number of thiazole rings is 1. The van der Waals surface area contributed by atoms with Crippen molar-refractivity contribution in [2.45, 2.75) is 28.7 Å². The fourth-order valence-corrected chi connectivity index (χ4v) is 5.65. The van der Waals surface area contributed by atoms with Crippen molar-refractivity contribution in [3.05, 3.63) is 48.3 Å². The zero-order chi connectivity index (χ0) is 20.2. The van der Waals surface area contributed by atoms with Gasteiger partial charge in [-0.3, -0.25) is 9.69 Å². The van der Waals surface area contributed by atoms with E-state index in [1.54, 1.807) is 28.8 Å². The molecule has 1 aliphatic rings. The van der Waals surface area contributed by atoms with E-state index in [1.807, 2.05) is 24.5 Å². The van der Waals surface area contributed by atoms with Gasteiger partial charge in [-0.2, -0.15) is 0 Å². The number of thioether (sulfide) groups is 2. The summed E-state index contributed by atoms with van der Waals surface area (Å²) in [5.41, 5.74) is 0.941. The number of benzene rings is 2. The highest BCUT2D eigenvalue weighted by Gasteiger charge is 2.26. The van der Waals surface area contributed by atoms with Crippen LogP contribution in [-0.2, 0) is 9.53 Å². The molecule has 3 aromatic rings. The van der Waals surface area contributed by atoms with E-state index in [0.29, 0.717) is 11.7 Å². The van der Waals surface area contributed by atoms with Gasteiger partial charge in [0, 0.05) is 16.4 Å². The Bertz CT molecular complexity index is 987. The molecule has 1 saturated heterocycles. The van der Waals surface area contributed by atoms with Crippen molar-refractivity contribution in [2.75, 3.05) is 30.1 Å². The summed E-state index contributed by atoms with van der Waals surface area (Å²) < 4.78 is 20.0. The zero-order valence-corrected chi connectivity index (χ0v) is 18.4. The molecule has 1 amide bonds. The monoisotopic (exact) mass is 448 g/mol. The maximum Gasteiger partial charge on any atom is 0.239 e. The Labute approximate surface area is 181 Å². The summed E-state index contributed by atoms with van der Waals surface area (Å²) >= 11 is 4.60. The fraction of sp³-hybridized carbons (Fsp3) is 0.333. The van der Waals surface area contributed by atoms with E-state index >= 15 is 0 Å². The van der Waals surface area contributed by atoms with Crippen LogP contribution in [0.2, 0.25) is 0 Å². The Morgan fingerprint density at radius 3 is 2.86 bits per heavy atom. The van der Waals surface area contributed by atoms with Crippen molar-refractivity contribution in [3.8, 4) is 0 Å². The second kappa shape index (κ2) is 9.47. The predicted octanol–water partition coefficient (Wildman–Crippen LogP) is 5.46. The number of hydrogen-bond donors (Lipinski definition) is 0. The zero-order valence-electron chi connectivity index (χ0n) is 16.0. The number of amides is 1. The number of anilines is 1. The van der Waals surface area contributed by atoms with E-state index in [-0.39, 0.29) is 23.6 Å². The molecule has 0 bridgehead atoms.